The summed E-state index contributed by atoms with van der Waals surface area (Å²) in [5, 5.41) is 10.9. The fourth-order valence-corrected chi connectivity index (χ4v) is 4.66. The third kappa shape index (κ3) is 5.75. The van der Waals surface area contributed by atoms with Gasteiger partial charge in [-0.25, -0.2) is 4.39 Å². The van der Waals surface area contributed by atoms with Gasteiger partial charge in [0.2, 0.25) is 5.91 Å². The van der Waals surface area contributed by atoms with Crippen molar-refractivity contribution in [3.8, 4) is 0 Å². The van der Waals surface area contributed by atoms with Crippen LogP contribution in [-0.4, -0.2) is 40.9 Å². The predicted octanol–water partition coefficient (Wildman–Crippen LogP) is 4.62. The molecule has 4 rings (SSSR count). The largest absolute Gasteiger partial charge is 0.381 e. The van der Waals surface area contributed by atoms with Crippen molar-refractivity contribution in [2.24, 2.45) is 11.3 Å². The van der Waals surface area contributed by atoms with E-state index in [1.807, 2.05) is 58.0 Å². The molecule has 1 aliphatic rings. The quantitative estimate of drug-likeness (QED) is 0.502. The van der Waals surface area contributed by atoms with Crippen LogP contribution in [0.5, 0.6) is 0 Å². The summed E-state index contributed by atoms with van der Waals surface area (Å²) in [7, 11) is 0. The Bertz CT molecular complexity index is 1210. The normalized spacial score (nSPS) is 16.5. The highest BCUT2D eigenvalue weighted by Gasteiger charge is 2.35. The summed E-state index contributed by atoms with van der Waals surface area (Å²) in [6, 6.07) is 13.3. The highest BCUT2D eigenvalue weighted by atomic mass is 19.1. The van der Waals surface area contributed by atoms with Gasteiger partial charge in [0.25, 0.3) is 5.91 Å². The summed E-state index contributed by atoms with van der Waals surface area (Å²) < 4.78 is 21.9. The van der Waals surface area contributed by atoms with Crippen LogP contribution in [0.2, 0.25) is 0 Å². The molecule has 7 nitrogen and oxygen atoms in total. The number of ether oxygens (including phenoxy) is 1. The van der Waals surface area contributed by atoms with Gasteiger partial charge in [0.1, 0.15) is 17.4 Å². The number of hydrogen-bond acceptors (Lipinski definition) is 4. The lowest BCUT2D eigenvalue weighted by molar-refractivity contribution is -0.126. The molecule has 2 atom stereocenters. The van der Waals surface area contributed by atoms with E-state index in [0.717, 1.165) is 18.4 Å². The number of benzene rings is 2. The third-order valence-electron chi connectivity index (χ3n) is 6.77. The van der Waals surface area contributed by atoms with E-state index in [9.17, 15) is 14.0 Å². The monoisotopic (exact) mass is 494 g/mol. The topological polar surface area (TPSA) is 85.3 Å². The second kappa shape index (κ2) is 10.8. The van der Waals surface area contributed by atoms with Crippen molar-refractivity contribution in [1.82, 2.24) is 20.4 Å². The lowest BCUT2D eigenvalue weighted by Gasteiger charge is -2.31. The fourth-order valence-electron chi connectivity index (χ4n) is 4.66. The number of nitrogens with one attached hydrogen (secondary N) is 2. The number of rotatable bonds is 7. The number of carbonyl (C=O) groups excluding carboxylic acids is 2. The summed E-state index contributed by atoms with van der Waals surface area (Å²) in [6.45, 7) is 9.44. The molecule has 1 aromatic heterocycles. The average molecular weight is 495 g/mol. The van der Waals surface area contributed by atoms with Crippen LogP contribution in [0.1, 0.15) is 62.6 Å². The molecule has 1 aliphatic heterocycles. The standard InChI is InChI=1S/C28H35FN4O3/c1-18(20-9-6-5-7-10-20)30-27(35)25(28(2,3)4)31-26(34)23-21-11-8-12-22(29)24(21)33(32-23)17-19-13-15-36-16-14-19/h5-12,18-19,25H,13-17H2,1-4H3,(H,30,35)(H,31,34)/t18-,25-/m1/s1. The van der Waals surface area contributed by atoms with Crippen molar-refractivity contribution >= 4 is 22.7 Å². The van der Waals surface area contributed by atoms with E-state index >= 15 is 0 Å². The Morgan fingerprint density at radius 2 is 1.78 bits per heavy atom. The lowest BCUT2D eigenvalue weighted by Crippen LogP contribution is -2.54. The highest BCUT2D eigenvalue weighted by molar-refractivity contribution is 6.06. The predicted molar refractivity (Wildman–Crippen MR) is 137 cm³/mol. The number of hydrogen-bond donors (Lipinski definition) is 2. The van der Waals surface area contributed by atoms with Crippen LogP contribution in [0.15, 0.2) is 48.5 Å². The minimum atomic E-state index is -0.819. The van der Waals surface area contributed by atoms with E-state index < -0.39 is 23.2 Å². The van der Waals surface area contributed by atoms with Gasteiger partial charge in [0, 0.05) is 25.1 Å². The summed E-state index contributed by atoms with van der Waals surface area (Å²) in [5.74, 6) is -0.916. The van der Waals surface area contributed by atoms with Gasteiger partial charge in [-0.15, -0.1) is 0 Å². The molecule has 36 heavy (non-hydrogen) atoms. The van der Waals surface area contributed by atoms with E-state index in [1.165, 1.54) is 6.07 Å². The van der Waals surface area contributed by atoms with Crippen LogP contribution < -0.4 is 10.6 Å². The first-order valence-corrected chi connectivity index (χ1v) is 12.5. The van der Waals surface area contributed by atoms with Crippen LogP contribution in [0.25, 0.3) is 10.9 Å². The van der Waals surface area contributed by atoms with Gasteiger partial charge in [-0.2, -0.15) is 5.10 Å². The summed E-state index contributed by atoms with van der Waals surface area (Å²) in [4.78, 5) is 26.8. The first-order chi connectivity index (χ1) is 17.1. The summed E-state index contributed by atoms with van der Waals surface area (Å²) >= 11 is 0. The molecule has 0 spiro atoms. The summed E-state index contributed by atoms with van der Waals surface area (Å²) in [6.07, 6.45) is 1.73. The lowest BCUT2D eigenvalue weighted by atomic mass is 9.85. The highest BCUT2D eigenvalue weighted by Crippen LogP contribution is 2.26. The number of halogens is 1. The Morgan fingerprint density at radius 1 is 1.08 bits per heavy atom. The molecule has 8 heteroatoms. The van der Waals surface area contributed by atoms with Gasteiger partial charge < -0.3 is 15.4 Å². The molecule has 0 unspecified atom stereocenters. The number of carbonyl (C=O) groups is 2. The van der Waals surface area contributed by atoms with Crippen molar-refractivity contribution in [1.29, 1.82) is 0 Å². The molecule has 192 valence electrons. The minimum Gasteiger partial charge on any atom is -0.381 e. The molecule has 1 saturated heterocycles. The second-order valence-corrected chi connectivity index (χ2v) is 10.6. The van der Waals surface area contributed by atoms with Crippen molar-refractivity contribution < 1.29 is 18.7 Å². The van der Waals surface area contributed by atoms with Crippen LogP contribution >= 0.6 is 0 Å². The maximum Gasteiger partial charge on any atom is 0.273 e. The Kier molecular flexibility index (Phi) is 7.73. The van der Waals surface area contributed by atoms with Gasteiger partial charge >= 0.3 is 0 Å². The van der Waals surface area contributed by atoms with Crippen LogP contribution in [0.4, 0.5) is 4.39 Å². The number of aromatic nitrogens is 2. The van der Waals surface area contributed by atoms with Crippen molar-refractivity contribution in [3.63, 3.8) is 0 Å². The molecule has 2 heterocycles. The average Bonchev–Trinajstić information content (AvgIpc) is 3.22. The smallest absolute Gasteiger partial charge is 0.273 e. The maximum atomic E-state index is 14.9. The molecule has 0 bridgehead atoms. The second-order valence-electron chi connectivity index (χ2n) is 10.6. The fraction of sp³-hybridized carbons (Fsp3) is 0.464. The zero-order valence-corrected chi connectivity index (χ0v) is 21.4. The van der Waals surface area contributed by atoms with E-state index in [-0.39, 0.29) is 17.6 Å². The molecule has 2 amide bonds. The van der Waals surface area contributed by atoms with Gasteiger partial charge in [-0.3, -0.25) is 14.3 Å². The molecule has 0 saturated carbocycles. The van der Waals surface area contributed by atoms with Gasteiger partial charge in [-0.05, 0) is 42.7 Å². The minimum absolute atomic E-state index is 0.120. The number of amides is 2. The van der Waals surface area contributed by atoms with E-state index in [0.29, 0.717) is 36.6 Å². The van der Waals surface area contributed by atoms with Crippen LogP contribution in [0, 0.1) is 17.2 Å². The van der Waals surface area contributed by atoms with E-state index in [4.69, 9.17) is 4.74 Å². The van der Waals surface area contributed by atoms with Gasteiger partial charge in [0.15, 0.2) is 5.69 Å². The van der Waals surface area contributed by atoms with Gasteiger partial charge in [-0.1, -0.05) is 63.2 Å². The first-order valence-electron chi connectivity index (χ1n) is 12.5. The Balaban J connectivity index is 1.58. The summed E-state index contributed by atoms with van der Waals surface area (Å²) in [5.41, 5.74) is 0.832. The molecule has 2 N–H and O–H groups in total. The van der Waals surface area contributed by atoms with E-state index in [2.05, 4.69) is 15.7 Å². The van der Waals surface area contributed by atoms with Crippen molar-refractivity contribution in [3.05, 3.63) is 65.6 Å². The molecular formula is C28H35FN4O3. The third-order valence-corrected chi connectivity index (χ3v) is 6.77. The zero-order valence-electron chi connectivity index (χ0n) is 21.4. The molecule has 1 fully saturated rings. The van der Waals surface area contributed by atoms with Crippen LogP contribution in [-0.2, 0) is 16.1 Å². The molecule has 3 aromatic rings. The van der Waals surface area contributed by atoms with E-state index in [1.54, 1.807) is 16.8 Å². The number of fused-ring (bicyclic) bond motifs is 1. The van der Waals surface area contributed by atoms with Gasteiger partial charge in [0.05, 0.1) is 6.04 Å². The van der Waals surface area contributed by atoms with Crippen molar-refractivity contribution in [2.45, 2.75) is 59.2 Å². The van der Waals surface area contributed by atoms with Crippen molar-refractivity contribution in [2.75, 3.05) is 13.2 Å². The molecular weight excluding hydrogens is 459 g/mol. The Labute approximate surface area is 211 Å². The molecule has 2 aromatic carbocycles. The molecule has 0 radical (unpaired) electrons. The number of nitrogens with zero attached hydrogens (tertiary/aromatic N) is 2. The molecule has 0 aliphatic carbocycles. The van der Waals surface area contributed by atoms with Crippen LogP contribution in [0.3, 0.4) is 0 Å². The Morgan fingerprint density at radius 3 is 2.44 bits per heavy atom. The number of para-hydroxylation sites is 1. The Hall–Kier alpha value is -3.26. The SMILES string of the molecule is C[C@@H](NC(=O)[C@@H](NC(=O)c1nn(CC2CCOCC2)c2c(F)cccc12)C(C)(C)C)c1ccccc1. The maximum absolute atomic E-state index is 14.9. The zero-order chi connectivity index (χ0) is 25.9. The first kappa shape index (κ1) is 25.8.